The Bertz CT molecular complexity index is 1390. The van der Waals surface area contributed by atoms with Crippen LogP contribution in [0.3, 0.4) is 0 Å². The van der Waals surface area contributed by atoms with Gasteiger partial charge >= 0.3 is 0 Å². The number of amides is 1. The van der Waals surface area contributed by atoms with Gasteiger partial charge in [-0.2, -0.15) is 10.2 Å². The van der Waals surface area contributed by atoms with Crippen LogP contribution in [0.25, 0.3) is 21.8 Å². The van der Waals surface area contributed by atoms with Crippen LogP contribution < -0.4 is 11.1 Å². The van der Waals surface area contributed by atoms with E-state index in [4.69, 9.17) is 5.73 Å². The second-order valence-electron chi connectivity index (χ2n) is 8.08. The number of benzene rings is 2. The Labute approximate surface area is 214 Å². The molecule has 0 saturated heterocycles. The molecule has 36 heavy (non-hydrogen) atoms. The predicted octanol–water partition coefficient (Wildman–Crippen LogP) is 4.57. The van der Waals surface area contributed by atoms with Gasteiger partial charge in [0.2, 0.25) is 0 Å². The maximum Gasteiger partial charge on any atom is 0.252 e. The minimum atomic E-state index is -0.146. The number of H-pyrrole nitrogens is 1. The number of nitrogens with zero attached hydrogens (tertiary/aromatic N) is 4. The van der Waals surface area contributed by atoms with Crippen molar-refractivity contribution in [3.05, 3.63) is 101 Å². The summed E-state index contributed by atoms with van der Waals surface area (Å²) in [6, 6.07) is 19.4. The average Bonchev–Trinajstić information content (AvgIpc) is 3.70. The number of aromatic nitrogens is 5. The quantitative estimate of drug-likeness (QED) is 0.303. The minimum Gasteiger partial charge on any atom is -0.346 e. The number of nitrogens with one attached hydrogen (secondary N) is 2. The largest absolute Gasteiger partial charge is 0.346 e. The number of hydrogen-bond donors (Lipinski definition) is 3. The molecule has 0 aliphatic heterocycles. The van der Waals surface area contributed by atoms with Crippen LogP contribution in [0, 0.1) is 0 Å². The smallest absolute Gasteiger partial charge is 0.252 e. The summed E-state index contributed by atoms with van der Waals surface area (Å²) >= 11 is 1.56. The maximum atomic E-state index is 12.7. The topological polar surface area (TPSA) is 115 Å². The summed E-state index contributed by atoms with van der Waals surface area (Å²) in [6.45, 7) is 2.99. The van der Waals surface area contributed by atoms with Gasteiger partial charge in [0.1, 0.15) is 5.01 Å². The lowest BCUT2D eigenvalue weighted by Crippen LogP contribution is -2.23. The van der Waals surface area contributed by atoms with Gasteiger partial charge in [0.15, 0.2) is 0 Å². The molecular formula is C27H29N7OS. The fraction of sp³-hybridized carbons (Fsp3) is 0.185. The lowest BCUT2D eigenvalue weighted by molar-refractivity contribution is 0.0951. The second-order valence-corrected chi connectivity index (χ2v) is 8.94. The molecule has 2 aromatic carbocycles. The van der Waals surface area contributed by atoms with Crippen molar-refractivity contribution in [1.29, 1.82) is 0 Å². The molecule has 1 amide bonds. The molecule has 4 N–H and O–H groups in total. The molecule has 0 bridgehead atoms. The molecule has 0 atom stereocenters. The Hall–Kier alpha value is -4.08. The number of thiazole rings is 1. The van der Waals surface area contributed by atoms with E-state index >= 15 is 0 Å². The first-order chi connectivity index (χ1) is 17.6. The Kier molecular flexibility index (Phi) is 8.38. The molecule has 0 aliphatic rings. The molecule has 3 aromatic heterocycles. The number of nitrogens with two attached hydrogens (primary N) is 1. The van der Waals surface area contributed by atoms with E-state index in [1.807, 2.05) is 77.9 Å². The first-order valence-electron chi connectivity index (χ1n) is 11.7. The summed E-state index contributed by atoms with van der Waals surface area (Å²) < 4.78 is 1.82. The standard InChI is InChI=1S/C21H19N5OS.C6H10N2/c22-11-14-5-7-15(8-6-14)21-25-16(13-28-21)12-23-20(27)18-4-2-1-3-17(18)19-9-10-24-26-19;1-3-6-4-5-8(2)7-6/h1-10,13H,11-12,22H2,(H,23,27)(H,24,26);4-5H,3H2,1-2H3. The monoisotopic (exact) mass is 499 g/mol. The number of aryl methyl sites for hydroxylation is 2. The van der Waals surface area contributed by atoms with Gasteiger partial charge in [-0.15, -0.1) is 11.3 Å². The molecule has 0 aliphatic carbocycles. The van der Waals surface area contributed by atoms with Crippen LogP contribution in [0.15, 0.2) is 78.4 Å². The van der Waals surface area contributed by atoms with Crippen molar-refractivity contribution in [2.45, 2.75) is 26.4 Å². The van der Waals surface area contributed by atoms with Crippen LogP contribution >= 0.6 is 11.3 Å². The van der Waals surface area contributed by atoms with Crippen LogP contribution in [0.5, 0.6) is 0 Å². The predicted molar refractivity (Wildman–Crippen MR) is 143 cm³/mol. The molecule has 0 saturated carbocycles. The van der Waals surface area contributed by atoms with Crippen molar-refractivity contribution in [3.8, 4) is 21.8 Å². The molecule has 5 rings (SSSR count). The summed E-state index contributed by atoms with van der Waals surface area (Å²) in [5.74, 6) is -0.146. The van der Waals surface area contributed by atoms with E-state index < -0.39 is 0 Å². The Morgan fingerprint density at radius 3 is 2.53 bits per heavy atom. The third-order valence-corrected chi connectivity index (χ3v) is 6.45. The van der Waals surface area contributed by atoms with Crippen molar-refractivity contribution in [1.82, 2.24) is 30.3 Å². The van der Waals surface area contributed by atoms with Gasteiger partial charge in [-0.1, -0.05) is 49.4 Å². The average molecular weight is 500 g/mol. The highest BCUT2D eigenvalue weighted by Gasteiger charge is 2.14. The Morgan fingerprint density at radius 1 is 1.08 bits per heavy atom. The van der Waals surface area contributed by atoms with Crippen LogP contribution in [-0.2, 0) is 26.6 Å². The van der Waals surface area contributed by atoms with E-state index in [9.17, 15) is 4.79 Å². The Morgan fingerprint density at radius 2 is 1.89 bits per heavy atom. The van der Waals surface area contributed by atoms with Gasteiger partial charge in [-0.05, 0) is 30.2 Å². The van der Waals surface area contributed by atoms with Crippen molar-refractivity contribution >= 4 is 17.2 Å². The third kappa shape index (κ3) is 6.32. The van der Waals surface area contributed by atoms with Crippen LogP contribution in [0.2, 0.25) is 0 Å². The SMILES string of the molecule is CCc1ccn(C)n1.NCc1ccc(-c2nc(CNC(=O)c3ccccc3-c3ccn[nH]3)cs2)cc1. The summed E-state index contributed by atoms with van der Waals surface area (Å²) in [5.41, 5.74) is 12.0. The number of carbonyl (C=O) groups excluding carboxylic acids is 1. The highest BCUT2D eigenvalue weighted by atomic mass is 32.1. The lowest BCUT2D eigenvalue weighted by atomic mass is 10.0. The van der Waals surface area contributed by atoms with Crippen LogP contribution in [0.1, 0.15) is 34.2 Å². The fourth-order valence-electron chi connectivity index (χ4n) is 3.54. The Balaban J connectivity index is 0.000000325. The molecule has 0 radical (unpaired) electrons. The van der Waals surface area contributed by atoms with Crippen LogP contribution in [0.4, 0.5) is 0 Å². The number of carbonyl (C=O) groups is 1. The van der Waals surface area contributed by atoms with E-state index in [0.717, 1.165) is 45.2 Å². The minimum absolute atomic E-state index is 0.146. The van der Waals surface area contributed by atoms with Gasteiger partial charge < -0.3 is 11.1 Å². The van der Waals surface area contributed by atoms with Crippen molar-refractivity contribution in [2.75, 3.05) is 0 Å². The van der Waals surface area contributed by atoms with E-state index in [-0.39, 0.29) is 5.91 Å². The molecule has 8 nitrogen and oxygen atoms in total. The highest BCUT2D eigenvalue weighted by Crippen LogP contribution is 2.24. The highest BCUT2D eigenvalue weighted by molar-refractivity contribution is 7.13. The molecule has 9 heteroatoms. The molecule has 0 fully saturated rings. The summed E-state index contributed by atoms with van der Waals surface area (Å²) in [6.07, 6.45) is 4.65. The first-order valence-corrected chi connectivity index (χ1v) is 12.5. The normalized spacial score (nSPS) is 10.5. The number of rotatable bonds is 7. The van der Waals surface area contributed by atoms with Gasteiger partial charge in [0.25, 0.3) is 5.91 Å². The number of aromatic amines is 1. The van der Waals surface area contributed by atoms with Crippen molar-refractivity contribution < 1.29 is 4.79 Å². The zero-order chi connectivity index (χ0) is 25.3. The van der Waals surface area contributed by atoms with Crippen LogP contribution in [-0.4, -0.2) is 30.9 Å². The summed E-state index contributed by atoms with van der Waals surface area (Å²) in [5, 5.41) is 16.9. The van der Waals surface area contributed by atoms with Crippen molar-refractivity contribution in [3.63, 3.8) is 0 Å². The summed E-state index contributed by atoms with van der Waals surface area (Å²) in [7, 11) is 1.93. The van der Waals surface area contributed by atoms with Gasteiger partial charge in [-0.3, -0.25) is 14.6 Å². The first kappa shape index (κ1) is 25.0. The molecule has 0 unspecified atom stereocenters. The number of hydrogen-bond acceptors (Lipinski definition) is 6. The van der Waals surface area contributed by atoms with Gasteiger partial charge in [-0.25, -0.2) is 4.98 Å². The molecule has 0 spiro atoms. The van der Waals surface area contributed by atoms with E-state index in [0.29, 0.717) is 18.7 Å². The van der Waals surface area contributed by atoms with Gasteiger partial charge in [0, 0.05) is 48.1 Å². The third-order valence-electron chi connectivity index (χ3n) is 5.51. The fourth-order valence-corrected chi connectivity index (χ4v) is 4.37. The molecule has 3 heterocycles. The van der Waals surface area contributed by atoms with Crippen molar-refractivity contribution in [2.24, 2.45) is 12.8 Å². The lowest BCUT2D eigenvalue weighted by Gasteiger charge is -2.08. The molecule has 5 aromatic rings. The maximum absolute atomic E-state index is 12.7. The second kappa shape index (κ2) is 12.1. The van der Waals surface area contributed by atoms with E-state index in [1.54, 1.807) is 23.6 Å². The van der Waals surface area contributed by atoms with Gasteiger partial charge in [0.05, 0.1) is 23.6 Å². The summed E-state index contributed by atoms with van der Waals surface area (Å²) in [4.78, 5) is 17.3. The van der Waals surface area contributed by atoms with E-state index in [1.165, 1.54) is 0 Å². The molecular weight excluding hydrogens is 470 g/mol. The van der Waals surface area contributed by atoms with E-state index in [2.05, 4.69) is 32.5 Å². The zero-order valence-corrected chi connectivity index (χ0v) is 21.1. The molecule has 184 valence electrons. The zero-order valence-electron chi connectivity index (χ0n) is 20.3.